The SMILES string of the molecule is C=C[I-]c1cccc(S(=O)(=O)Nc2ccc(C(=O)N3CCC(O)(CCC(F)(F)F)CC3)cc2)c1N=CC. The van der Waals surface area contributed by atoms with E-state index in [0.29, 0.717) is 11.3 Å². The molecular formula is C25H28F3IN3O4S-. The molecule has 0 bridgehead atoms. The molecule has 0 spiro atoms. The summed E-state index contributed by atoms with van der Waals surface area (Å²) < 4.78 is 68.9. The number of benzene rings is 2. The van der Waals surface area contributed by atoms with Gasteiger partial charge in [-0.25, -0.2) is 0 Å². The second kappa shape index (κ2) is 11.9. The Hall–Kier alpha value is -2.45. The van der Waals surface area contributed by atoms with Gasteiger partial charge in [-0.15, -0.1) is 0 Å². The number of sulfonamides is 1. The van der Waals surface area contributed by atoms with E-state index in [1.54, 1.807) is 17.1 Å². The number of para-hydroxylation sites is 1. The van der Waals surface area contributed by atoms with Crippen LogP contribution >= 0.6 is 0 Å². The summed E-state index contributed by atoms with van der Waals surface area (Å²) in [7, 11) is -3.97. The van der Waals surface area contributed by atoms with Gasteiger partial charge in [0.2, 0.25) is 0 Å². The maximum atomic E-state index is 13.1. The van der Waals surface area contributed by atoms with Gasteiger partial charge < -0.3 is 5.11 Å². The molecule has 0 aromatic heterocycles. The summed E-state index contributed by atoms with van der Waals surface area (Å²) in [5.41, 5.74) is -0.512. The van der Waals surface area contributed by atoms with E-state index >= 15 is 0 Å². The van der Waals surface area contributed by atoms with Crippen molar-refractivity contribution in [2.75, 3.05) is 17.8 Å². The van der Waals surface area contributed by atoms with Gasteiger partial charge >= 0.3 is 176 Å². The Balaban J connectivity index is 1.68. The van der Waals surface area contributed by atoms with Gasteiger partial charge in [-0.05, 0) is 19.3 Å². The predicted molar refractivity (Wildman–Crippen MR) is 132 cm³/mol. The molecule has 1 amide bonds. The molecule has 37 heavy (non-hydrogen) atoms. The Bertz CT molecular complexity index is 1260. The molecule has 0 atom stereocenters. The fourth-order valence-corrected chi connectivity index (χ4v) is 6.99. The van der Waals surface area contributed by atoms with Gasteiger partial charge in [0.15, 0.2) is 0 Å². The zero-order chi connectivity index (χ0) is 27.3. The molecule has 3 rings (SSSR count). The van der Waals surface area contributed by atoms with Crippen molar-refractivity contribution >= 4 is 33.5 Å². The summed E-state index contributed by atoms with van der Waals surface area (Å²) in [5, 5.41) is 10.4. The fraction of sp³-hybridized carbons (Fsp3) is 0.360. The van der Waals surface area contributed by atoms with Crippen LogP contribution in [0.5, 0.6) is 0 Å². The number of rotatable bonds is 9. The number of likely N-dealkylation sites (tertiary alicyclic amines) is 1. The van der Waals surface area contributed by atoms with E-state index in [1.807, 2.05) is 6.07 Å². The summed E-state index contributed by atoms with van der Waals surface area (Å²) in [6.07, 6.45) is -4.15. The van der Waals surface area contributed by atoms with E-state index in [2.05, 4.69) is 16.3 Å². The number of aliphatic hydroxyl groups is 1. The first-order valence-corrected chi connectivity index (χ1v) is 15.3. The van der Waals surface area contributed by atoms with Crippen LogP contribution in [0.25, 0.3) is 0 Å². The number of piperidine rings is 1. The van der Waals surface area contributed by atoms with Gasteiger partial charge in [0.05, 0.1) is 5.60 Å². The van der Waals surface area contributed by atoms with E-state index in [0.717, 1.165) is 3.57 Å². The van der Waals surface area contributed by atoms with Crippen molar-refractivity contribution in [1.29, 1.82) is 0 Å². The van der Waals surface area contributed by atoms with Crippen LogP contribution in [-0.4, -0.2) is 55.4 Å². The average Bonchev–Trinajstić information content (AvgIpc) is 2.84. The molecule has 7 nitrogen and oxygen atoms in total. The quantitative estimate of drug-likeness (QED) is 0.320. The first kappa shape index (κ1) is 29.1. The number of hydrogen-bond acceptors (Lipinski definition) is 5. The van der Waals surface area contributed by atoms with Crippen LogP contribution in [0, 0.1) is 3.57 Å². The van der Waals surface area contributed by atoms with Crippen molar-refractivity contribution in [2.45, 2.75) is 49.3 Å². The molecule has 0 unspecified atom stereocenters. The molecule has 202 valence electrons. The van der Waals surface area contributed by atoms with Crippen molar-refractivity contribution in [1.82, 2.24) is 4.90 Å². The van der Waals surface area contributed by atoms with Crippen molar-refractivity contribution in [3.63, 3.8) is 0 Å². The molecule has 0 saturated carbocycles. The number of amides is 1. The Morgan fingerprint density at radius 2 is 1.86 bits per heavy atom. The molecule has 2 aromatic rings. The summed E-state index contributed by atoms with van der Waals surface area (Å²) in [6.45, 7) is 5.71. The molecule has 1 aliphatic rings. The van der Waals surface area contributed by atoms with E-state index < -0.39 is 55.8 Å². The van der Waals surface area contributed by atoms with Gasteiger partial charge in [-0.2, -0.15) is 13.2 Å². The van der Waals surface area contributed by atoms with E-state index in [-0.39, 0.29) is 42.4 Å². The topological polar surface area (TPSA) is 99.1 Å². The third-order valence-electron chi connectivity index (χ3n) is 5.93. The molecule has 1 aliphatic heterocycles. The van der Waals surface area contributed by atoms with Gasteiger partial charge in [0, 0.05) is 6.42 Å². The Morgan fingerprint density at radius 3 is 2.43 bits per heavy atom. The van der Waals surface area contributed by atoms with Crippen LogP contribution in [0.3, 0.4) is 0 Å². The first-order chi connectivity index (χ1) is 17.4. The second-order valence-corrected chi connectivity index (χ2v) is 12.9. The van der Waals surface area contributed by atoms with Crippen LogP contribution < -0.4 is 25.9 Å². The molecule has 2 N–H and O–H groups in total. The van der Waals surface area contributed by atoms with Crippen LogP contribution in [0.4, 0.5) is 24.5 Å². The Kier molecular flexibility index (Phi) is 9.40. The van der Waals surface area contributed by atoms with Gasteiger partial charge in [0.1, 0.15) is 0 Å². The van der Waals surface area contributed by atoms with E-state index in [1.165, 1.54) is 41.4 Å². The molecule has 1 fully saturated rings. The molecular weight excluding hydrogens is 622 g/mol. The van der Waals surface area contributed by atoms with Gasteiger partial charge in [-0.3, -0.25) is 0 Å². The average molecular weight is 650 g/mol. The number of alkyl halides is 3. The summed E-state index contributed by atoms with van der Waals surface area (Å²) >= 11 is -0.613. The normalized spacial score (nSPS) is 16.2. The molecule has 2 aromatic carbocycles. The predicted octanol–water partition coefficient (Wildman–Crippen LogP) is 1.92. The molecule has 1 heterocycles. The fourth-order valence-electron chi connectivity index (χ4n) is 3.96. The summed E-state index contributed by atoms with van der Waals surface area (Å²) in [6, 6.07) is 10.9. The maximum absolute atomic E-state index is 13.1. The van der Waals surface area contributed by atoms with Crippen LogP contribution in [-0.2, 0) is 10.0 Å². The minimum absolute atomic E-state index is 0.0381. The summed E-state index contributed by atoms with van der Waals surface area (Å²) in [5.74, 6) is -0.340. The zero-order valence-electron chi connectivity index (χ0n) is 20.1. The Morgan fingerprint density at radius 1 is 1.22 bits per heavy atom. The number of carbonyl (C=O) groups excluding carboxylic acids is 1. The number of aliphatic imine (C=N–C) groups is 1. The third-order valence-corrected chi connectivity index (χ3v) is 9.33. The minimum atomic E-state index is -4.34. The number of halogens is 4. The summed E-state index contributed by atoms with van der Waals surface area (Å²) in [4.78, 5) is 18.6. The van der Waals surface area contributed by atoms with Crippen LogP contribution in [0.1, 0.15) is 43.0 Å². The molecule has 0 aliphatic carbocycles. The third kappa shape index (κ3) is 7.77. The standard InChI is InChI=1S/C25H28F3IN3O4S/c1-3-29-20-6-5-7-21(22(20)30-4-2)37(35,36)31-19-10-8-18(9-11-19)23(33)32-16-14-24(34,15-17-32)12-13-25(26,27)28/h3-11,31,34H,1,12-17H2,2H3/q-1. The van der Waals surface area contributed by atoms with Crippen molar-refractivity contribution < 1.29 is 52.7 Å². The van der Waals surface area contributed by atoms with Gasteiger partial charge in [-0.1, -0.05) is 0 Å². The number of nitrogens with zero attached hydrogens (tertiary/aromatic N) is 2. The molecule has 1 saturated heterocycles. The zero-order valence-corrected chi connectivity index (χ0v) is 23.1. The van der Waals surface area contributed by atoms with Crippen molar-refractivity contribution in [3.05, 3.63) is 62.3 Å². The van der Waals surface area contributed by atoms with E-state index in [4.69, 9.17) is 0 Å². The number of hydrogen-bond donors (Lipinski definition) is 2. The first-order valence-electron chi connectivity index (χ1n) is 11.4. The van der Waals surface area contributed by atoms with Crippen molar-refractivity contribution in [3.8, 4) is 0 Å². The number of nitrogens with one attached hydrogen (secondary N) is 1. The molecule has 0 radical (unpaired) electrons. The van der Waals surface area contributed by atoms with Gasteiger partial charge in [0.25, 0.3) is 0 Å². The monoisotopic (exact) mass is 650 g/mol. The second-order valence-electron chi connectivity index (χ2n) is 8.55. The van der Waals surface area contributed by atoms with E-state index in [9.17, 15) is 31.5 Å². The number of carbonyl (C=O) groups is 1. The van der Waals surface area contributed by atoms with Crippen LogP contribution in [0.2, 0.25) is 0 Å². The van der Waals surface area contributed by atoms with Crippen LogP contribution in [0.15, 0.2) is 63.0 Å². The Labute approximate surface area is 224 Å². The number of anilines is 1. The van der Waals surface area contributed by atoms with Crippen molar-refractivity contribution in [2.24, 2.45) is 4.99 Å². The molecule has 12 heteroatoms.